The molecule has 4 heteroatoms. The summed E-state index contributed by atoms with van der Waals surface area (Å²) in [6, 6.07) is 15.5. The molecule has 3 nitrogen and oxygen atoms in total. The molecule has 2 aromatic heterocycles. The summed E-state index contributed by atoms with van der Waals surface area (Å²) in [5.74, 6) is 0.130. The SMILES string of the molecule is CC(=O)c1ccc2ccsc2c1.c1ccc2ocnc2c1. The number of rotatable bonds is 1. The molecule has 0 saturated heterocycles. The molecule has 0 aliphatic heterocycles. The molecule has 0 spiro atoms. The molecular formula is C17H13NO2S. The van der Waals surface area contributed by atoms with Crippen LogP contribution in [-0.4, -0.2) is 10.8 Å². The number of para-hydroxylation sites is 2. The number of carbonyl (C=O) groups is 1. The third-order valence-electron chi connectivity index (χ3n) is 3.10. The fourth-order valence-corrected chi connectivity index (χ4v) is 2.81. The molecular weight excluding hydrogens is 282 g/mol. The van der Waals surface area contributed by atoms with Gasteiger partial charge in [0.1, 0.15) is 5.52 Å². The van der Waals surface area contributed by atoms with Gasteiger partial charge in [-0.15, -0.1) is 11.3 Å². The van der Waals surface area contributed by atoms with Gasteiger partial charge in [-0.25, -0.2) is 4.98 Å². The van der Waals surface area contributed by atoms with Crippen LogP contribution in [0.3, 0.4) is 0 Å². The third kappa shape index (κ3) is 3.01. The summed E-state index contributed by atoms with van der Waals surface area (Å²) in [6.45, 7) is 1.59. The van der Waals surface area contributed by atoms with Crippen molar-refractivity contribution in [2.45, 2.75) is 6.92 Å². The largest absolute Gasteiger partial charge is 0.443 e. The summed E-state index contributed by atoms with van der Waals surface area (Å²) in [5.41, 5.74) is 2.56. The summed E-state index contributed by atoms with van der Waals surface area (Å²) in [4.78, 5) is 15.0. The van der Waals surface area contributed by atoms with Crippen LogP contribution in [0.1, 0.15) is 17.3 Å². The maximum atomic E-state index is 11.0. The number of oxazole rings is 1. The number of fused-ring (bicyclic) bond motifs is 2. The van der Waals surface area contributed by atoms with Crippen LogP contribution in [0.5, 0.6) is 0 Å². The van der Waals surface area contributed by atoms with Gasteiger partial charge in [0.05, 0.1) is 0 Å². The van der Waals surface area contributed by atoms with Crippen molar-refractivity contribution < 1.29 is 9.21 Å². The van der Waals surface area contributed by atoms with E-state index in [1.165, 1.54) is 16.5 Å². The Bertz CT molecular complexity index is 861. The Morgan fingerprint density at radius 1 is 1.14 bits per heavy atom. The maximum absolute atomic E-state index is 11.0. The number of carbonyl (C=O) groups excluding carboxylic acids is 1. The average Bonchev–Trinajstić information content (AvgIpc) is 3.15. The van der Waals surface area contributed by atoms with Gasteiger partial charge in [-0.05, 0) is 42.0 Å². The highest BCUT2D eigenvalue weighted by Gasteiger charge is 2.00. The van der Waals surface area contributed by atoms with Crippen molar-refractivity contribution in [3.8, 4) is 0 Å². The Labute approximate surface area is 125 Å². The van der Waals surface area contributed by atoms with E-state index in [1.54, 1.807) is 18.3 Å². The van der Waals surface area contributed by atoms with Gasteiger partial charge in [-0.1, -0.05) is 24.3 Å². The van der Waals surface area contributed by atoms with Crippen molar-refractivity contribution in [2.24, 2.45) is 0 Å². The molecule has 21 heavy (non-hydrogen) atoms. The minimum absolute atomic E-state index is 0.130. The number of benzene rings is 2. The van der Waals surface area contributed by atoms with Gasteiger partial charge >= 0.3 is 0 Å². The Morgan fingerprint density at radius 3 is 2.81 bits per heavy atom. The molecule has 0 bridgehead atoms. The lowest BCUT2D eigenvalue weighted by Gasteiger charge is -1.94. The van der Waals surface area contributed by atoms with E-state index in [-0.39, 0.29) is 5.78 Å². The Morgan fingerprint density at radius 2 is 2.00 bits per heavy atom. The van der Waals surface area contributed by atoms with E-state index in [0.29, 0.717) is 0 Å². The third-order valence-corrected chi connectivity index (χ3v) is 3.98. The van der Waals surface area contributed by atoms with Gasteiger partial charge in [0.15, 0.2) is 17.8 Å². The van der Waals surface area contributed by atoms with Crippen LogP contribution < -0.4 is 0 Å². The van der Waals surface area contributed by atoms with Crippen LogP contribution in [0.15, 0.2) is 64.7 Å². The highest BCUT2D eigenvalue weighted by Crippen LogP contribution is 2.21. The van der Waals surface area contributed by atoms with E-state index in [1.807, 2.05) is 47.8 Å². The van der Waals surface area contributed by atoms with E-state index in [0.717, 1.165) is 16.7 Å². The van der Waals surface area contributed by atoms with E-state index >= 15 is 0 Å². The number of aromatic nitrogens is 1. The first-order chi connectivity index (χ1) is 10.2. The number of ketones is 1. The molecule has 104 valence electrons. The molecule has 0 unspecified atom stereocenters. The van der Waals surface area contributed by atoms with Crippen molar-refractivity contribution in [2.75, 3.05) is 0 Å². The summed E-state index contributed by atoms with van der Waals surface area (Å²) in [5, 5.41) is 3.25. The number of hydrogen-bond acceptors (Lipinski definition) is 4. The van der Waals surface area contributed by atoms with Crippen molar-refractivity contribution >= 4 is 38.3 Å². The first kappa shape index (κ1) is 13.5. The zero-order chi connectivity index (χ0) is 14.7. The summed E-state index contributed by atoms with van der Waals surface area (Å²) >= 11 is 1.67. The van der Waals surface area contributed by atoms with Crippen LogP contribution >= 0.6 is 11.3 Å². The lowest BCUT2D eigenvalue weighted by atomic mass is 10.1. The van der Waals surface area contributed by atoms with Crippen molar-refractivity contribution in [3.63, 3.8) is 0 Å². The van der Waals surface area contributed by atoms with Gasteiger partial charge in [-0.3, -0.25) is 4.79 Å². The molecule has 0 radical (unpaired) electrons. The number of nitrogens with zero attached hydrogens (tertiary/aromatic N) is 1. The summed E-state index contributed by atoms with van der Waals surface area (Å²) < 4.78 is 6.19. The predicted octanol–water partition coefficient (Wildman–Crippen LogP) is 4.93. The van der Waals surface area contributed by atoms with Gasteiger partial charge in [-0.2, -0.15) is 0 Å². The van der Waals surface area contributed by atoms with E-state index in [2.05, 4.69) is 11.1 Å². The highest BCUT2D eigenvalue weighted by molar-refractivity contribution is 7.17. The smallest absolute Gasteiger partial charge is 0.181 e. The zero-order valence-electron chi connectivity index (χ0n) is 11.4. The Hall–Kier alpha value is -2.46. The Kier molecular flexibility index (Phi) is 3.79. The summed E-state index contributed by atoms with van der Waals surface area (Å²) in [7, 11) is 0. The van der Waals surface area contributed by atoms with E-state index < -0.39 is 0 Å². The average molecular weight is 295 g/mol. The molecule has 4 rings (SSSR count). The number of thiophene rings is 1. The number of hydrogen-bond donors (Lipinski definition) is 0. The van der Waals surface area contributed by atoms with Gasteiger partial charge < -0.3 is 4.42 Å². The molecule has 0 amide bonds. The second-order valence-corrected chi connectivity index (χ2v) is 5.50. The van der Waals surface area contributed by atoms with Crippen LogP contribution in [0.4, 0.5) is 0 Å². The minimum Gasteiger partial charge on any atom is -0.443 e. The number of Topliss-reactive ketones (excluding diaryl/α,β-unsaturated/α-hetero) is 1. The molecule has 0 aliphatic rings. The van der Waals surface area contributed by atoms with Crippen molar-refractivity contribution in [3.05, 3.63) is 65.9 Å². The Balaban J connectivity index is 0.000000131. The van der Waals surface area contributed by atoms with Gasteiger partial charge in [0.25, 0.3) is 0 Å². The standard InChI is InChI=1S/C10H8OS.C7H5NO/c1-7(11)9-3-2-8-4-5-12-10(8)6-9;1-2-4-7-6(3-1)8-5-9-7/h2-6H,1H3;1-5H. The fourth-order valence-electron chi connectivity index (χ4n) is 1.98. The topological polar surface area (TPSA) is 43.1 Å². The van der Waals surface area contributed by atoms with Crippen LogP contribution in [-0.2, 0) is 0 Å². The maximum Gasteiger partial charge on any atom is 0.181 e. The monoisotopic (exact) mass is 295 g/mol. The van der Waals surface area contributed by atoms with Crippen molar-refractivity contribution in [1.29, 1.82) is 0 Å². The molecule has 0 aliphatic carbocycles. The second-order valence-electron chi connectivity index (χ2n) is 4.55. The fraction of sp³-hybridized carbons (Fsp3) is 0.0588. The zero-order valence-corrected chi connectivity index (χ0v) is 12.3. The predicted molar refractivity (Wildman–Crippen MR) is 85.8 cm³/mol. The van der Waals surface area contributed by atoms with E-state index in [4.69, 9.17) is 4.42 Å². The highest BCUT2D eigenvalue weighted by atomic mass is 32.1. The summed E-state index contributed by atoms with van der Waals surface area (Å²) in [6.07, 6.45) is 1.45. The molecule has 4 aromatic rings. The molecule has 0 saturated carbocycles. The lowest BCUT2D eigenvalue weighted by molar-refractivity contribution is 0.101. The van der Waals surface area contributed by atoms with E-state index in [9.17, 15) is 4.79 Å². The van der Waals surface area contributed by atoms with Crippen LogP contribution in [0.2, 0.25) is 0 Å². The lowest BCUT2D eigenvalue weighted by Crippen LogP contribution is -1.89. The van der Waals surface area contributed by atoms with Gasteiger partial charge in [0.2, 0.25) is 0 Å². The van der Waals surface area contributed by atoms with Crippen LogP contribution in [0.25, 0.3) is 21.2 Å². The normalized spacial score (nSPS) is 10.3. The molecule has 0 fully saturated rings. The minimum atomic E-state index is 0.130. The first-order valence-corrected chi connectivity index (χ1v) is 7.38. The molecule has 0 N–H and O–H groups in total. The second kappa shape index (κ2) is 5.89. The molecule has 2 heterocycles. The molecule has 2 aromatic carbocycles. The first-order valence-electron chi connectivity index (χ1n) is 6.50. The van der Waals surface area contributed by atoms with Crippen molar-refractivity contribution in [1.82, 2.24) is 4.98 Å². The van der Waals surface area contributed by atoms with Crippen LogP contribution in [0, 0.1) is 0 Å². The van der Waals surface area contributed by atoms with Gasteiger partial charge in [0, 0.05) is 10.3 Å². The molecule has 0 atom stereocenters. The quantitative estimate of drug-likeness (QED) is 0.467.